The van der Waals surface area contributed by atoms with Gasteiger partial charge in [0.25, 0.3) is 0 Å². The third-order valence-electron chi connectivity index (χ3n) is 4.00. The molecule has 124 valence electrons. The van der Waals surface area contributed by atoms with E-state index in [9.17, 15) is 5.11 Å². The molecule has 3 heteroatoms. The molecule has 2 aromatic rings. The number of para-hydroxylation sites is 1. The fourth-order valence-electron chi connectivity index (χ4n) is 2.50. The Morgan fingerprint density at radius 2 is 1.65 bits per heavy atom. The Balaban J connectivity index is 1.90. The van der Waals surface area contributed by atoms with E-state index in [-0.39, 0.29) is 0 Å². The van der Waals surface area contributed by atoms with Crippen LogP contribution < -0.4 is 4.74 Å². The lowest BCUT2D eigenvalue weighted by molar-refractivity contribution is 0.0542. The minimum atomic E-state index is -0.512. The number of aryl methyl sites for hydroxylation is 1. The van der Waals surface area contributed by atoms with Crippen LogP contribution in [-0.4, -0.2) is 35.3 Å². The molecule has 0 radical (unpaired) electrons. The Bertz CT molecular complexity index is 583. The molecule has 0 aliphatic heterocycles. The minimum absolute atomic E-state index is 0.307. The lowest BCUT2D eigenvalue weighted by atomic mass is 10.1. The summed E-state index contributed by atoms with van der Waals surface area (Å²) in [7, 11) is 0. The Kier molecular flexibility index (Phi) is 6.63. The highest BCUT2D eigenvalue weighted by Crippen LogP contribution is 2.14. The molecule has 0 heterocycles. The maximum atomic E-state index is 10.3. The van der Waals surface area contributed by atoms with Crippen molar-refractivity contribution in [1.82, 2.24) is 4.90 Å². The molecule has 0 aromatic heterocycles. The molecule has 2 rings (SSSR count). The van der Waals surface area contributed by atoms with E-state index < -0.39 is 6.10 Å². The van der Waals surface area contributed by atoms with Crippen molar-refractivity contribution in [1.29, 1.82) is 0 Å². The summed E-state index contributed by atoms with van der Waals surface area (Å²) < 4.78 is 5.65. The first-order valence-electron chi connectivity index (χ1n) is 8.20. The van der Waals surface area contributed by atoms with Gasteiger partial charge in [-0.25, -0.2) is 0 Å². The standard InChI is InChI=1S/C20H27NO2/c1-16(2)21(13-18-10-8-7-9-17(18)3)14-19(22)15-23-20-11-5-4-6-12-20/h4-12,16,19,22H,13-15H2,1-3H3/t19-/m1/s1. The van der Waals surface area contributed by atoms with Crippen molar-refractivity contribution in [2.24, 2.45) is 0 Å². The number of aliphatic hydroxyl groups excluding tert-OH is 1. The highest BCUT2D eigenvalue weighted by molar-refractivity contribution is 5.25. The fraction of sp³-hybridized carbons (Fsp3) is 0.400. The first-order chi connectivity index (χ1) is 11.1. The van der Waals surface area contributed by atoms with Crippen LogP contribution in [0.2, 0.25) is 0 Å². The van der Waals surface area contributed by atoms with E-state index in [1.54, 1.807) is 0 Å². The molecule has 0 unspecified atom stereocenters. The molecule has 0 saturated heterocycles. The van der Waals surface area contributed by atoms with Gasteiger partial charge in [-0.05, 0) is 44.0 Å². The van der Waals surface area contributed by atoms with E-state index >= 15 is 0 Å². The topological polar surface area (TPSA) is 32.7 Å². The zero-order chi connectivity index (χ0) is 16.7. The number of ether oxygens (including phenoxy) is 1. The Morgan fingerprint density at radius 1 is 1.00 bits per heavy atom. The zero-order valence-electron chi connectivity index (χ0n) is 14.3. The summed E-state index contributed by atoms with van der Waals surface area (Å²) in [6, 6.07) is 18.4. The van der Waals surface area contributed by atoms with Crippen LogP contribution in [0.1, 0.15) is 25.0 Å². The van der Waals surface area contributed by atoms with E-state index in [2.05, 4.69) is 49.9 Å². The molecule has 23 heavy (non-hydrogen) atoms. The SMILES string of the molecule is Cc1ccccc1CN(C[C@@H](O)COc1ccccc1)C(C)C. The summed E-state index contributed by atoms with van der Waals surface area (Å²) in [5, 5.41) is 10.3. The quantitative estimate of drug-likeness (QED) is 0.807. The summed E-state index contributed by atoms with van der Waals surface area (Å²) in [6.07, 6.45) is -0.512. The van der Waals surface area contributed by atoms with Gasteiger partial charge in [0.2, 0.25) is 0 Å². The van der Waals surface area contributed by atoms with Gasteiger partial charge in [0.15, 0.2) is 0 Å². The number of rotatable bonds is 8. The largest absolute Gasteiger partial charge is 0.491 e. The predicted molar refractivity (Wildman–Crippen MR) is 94.7 cm³/mol. The normalized spacial score (nSPS) is 12.6. The van der Waals surface area contributed by atoms with Crippen LogP contribution in [0, 0.1) is 6.92 Å². The molecule has 1 atom stereocenters. The van der Waals surface area contributed by atoms with Crippen LogP contribution in [0.25, 0.3) is 0 Å². The first kappa shape index (κ1) is 17.5. The van der Waals surface area contributed by atoms with Crippen molar-refractivity contribution in [3.05, 3.63) is 65.7 Å². The minimum Gasteiger partial charge on any atom is -0.491 e. The number of nitrogens with zero attached hydrogens (tertiary/aromatic N) is 1. The van der Waals surface area contributed by atoms with Crippen molar-refractivity contribution >= 4 is 0 Å². The predicted octanol–water partition coefficient (Wildman–Crippen LogP) is 3.65. The fourth-order valence-corrected chi connectivity index (χ4v) is 2.50. The molecular weight excluding hydrogens is 286 g/mol. The van der Waals surface area contributed by atoms with Gasteiger partial charge in [-0.3, -0.25) is 4.90 Å². The van der Waals surface area contributed by atoms with E-state index in [4.69, 9.17) is 4.74 Å². The van der Waals surface area contributed by atoms with E-state index in [1.807, 2.05) is 30.3 Å². The van der Waals surface area contributed by atoms with E-state index in [1.165, 1.54) is 11.1 Å². The summed E-state index contributed by atoms with van der Waals surface area (Å²) in [4.78, 5) is 2.28. The molecule has 3 nitrogen and oxygen atoms in total. The second kappa shape index (κ2) is 8.70. The third kappa shape index (κ3) is 5.70. The third-order valence-corrected chi connectivity index (χ3v) is 4.00. The van der Waals surface area contributed by atoms with Crippen LogP contribution >= 0.6 is 0 Å². The molecular formula is C20H27NO2. The van der Waals surface area contributed by atoms with Crippen molar-refractivity contribution in [3.63, 3.8) is 0 Å². The van der Waals surface area contributed by atoms with Gasteiger partial charge in [0, 0.05) is 19.1 Å². The molecule has 0 bridgehead atoms. The van der Waals surface area contributed by atoms with Crippen LogP contribution in [0.5, 0.6) is 5.75 Å². The van der Waals surface area contributed by atoms with Gasteiger partial charge in [-0.1, -0.05) is 42.5 Å². The Morgan fingerprint density at radius 3 is 2.30 bits per heavy atom. The summed E-state index contributed by atoms with van der Waals surface area (Å²) in [6.45, 7) is 8.18. The van der Waals surface area contributed by atoms with Gasteiger partial charge < -0.3 is 9.84 Å². The smallest absolute Gasteiger partial charge is 0.119 e. The molecule has 1 N–H and O–H groups in total. The van der Waals surface area contributed by atoms with Crippen molar-refractivity contribution in [3.8, 4) is 5.75 Å². The maximum Gasteiger partial charge on any atom is 0.119 e. The summed E-state index contributed by atoms with van der Waals surface area (Å²) in [5.41, 5.74) is 2.59. The number of aliphatic hydroxyl groups is 1. The van der Waals surface area contributed by atoms with Crippen LogP contribution in [0.4, 0.5) is 0 Å². The summed E-state index contributed by atoms with van der Waals surface area (Å²) in [5.74, 6) is 0.793. The van der Waals surface area contributed by atoms with E-state index in [0.717, 1.165) is 12.3 Å². The van der Waals surface area contributed by atoms with Crippen molar-refractivity contribution in [2.45, 2.75) is 39.5 Å². The van der Waals surface area contributed by atoms with Gasteiger partial charge in [-0.15, -0.1) is 0 Å². The zero-order valence-corrected chi connectivity index (χ0v) is 14.3. The van der Waals surface area contributed by atoms with Gasteiger partial charge in [-0.2, -0.15) is 0 Å². The number of hydrogen-bond acceptors (Lipinski definition) is 3. The monoisotopic (exact) mass is 313 g/mol. The molecule has 0 amide bonds. The lowest BCUT2D eigenvalue weighted by Crippen LogP contribution is -2.39. The number of hydrogen-bond donors (Lipinski definition) is 1. The Labute approximate surface area is 139 Å². The van der Waals surface area contributed by atoms with Crippen LogP contribution in [0.15, 0.2) is 54.6 Å². The molecule has 0 fully saturated rings. The first-order valence-corrected chi connectivity index (χ1v) is 8.20. The van der Waals surface area contributed by atoms with E-state index in [0.29, 0.717) is 19.2 Å². The molecule has 0 saturated carbocycles. The van der Waals surface area contributed by atoms with Gasteiger partial charge in [0.05, 0.1) is 0 Å². The highest BCUT2D eigenvalue weighted by atomic mass is 16.5. The summed E-state index contributed by atoms with van der Waals surface area (Å²) >= 11 is 0. The maximum absolute atomic E-state index is 10.3. The Hall–Kier alpha value is -1.84. The van der Waals surface area contributed by atoms with Crippen LogP contribution in [-0.2, 0) is 6.54 Å². The molecule has 0 spiro atoms. The second-order valence-electron chi connectivity index (χ2n) is 6.23. The van der Waals surface area contributed by atoms with Crippen LogP contribution in [0.3, 0.4) is 0 Å². The van der Waals surface area contributed by atoms with Gasteiger partial charge >= 0.3 is 0 Å². The van der Waals surface area contributed by atoms with Crippen molar-refractivity contribution in [2.75, 3.05) is 13.2 Å². The molecule has 2 aromatic carbocycles. The molecule has 0 aliphatic rings. The average Bonchev–Trinajstić information content (AvgIpc) is 2.55. The lowest BCUT2D eigenvalue weighted by Gasteiger charge is -2.29. The highest BCUT2D eigenvalue weighted by Gasteiger charge is 2.16. The van der Waals surface area contributed by atoms with Crippen molar-refractivity contribution < 1.29 is 9.84 Å². The average molecular weight is 313 g/mol. The number of benzene rings is 2. The second-order valence-corrected chi connectivity index (χ2v) is 6.23. The van der Waals surface area contributed by atoms with Gasteiger partial charge in [0.1, 0.15) is 18.5 Å². The molecule has 0 aliphatic carbocycles.